The third kappa shape index (κ3) is 6.02. The quantitative estimate of drug-likeness (QED) is 0.246. The average Bonchev–Trinajstić information content (AvgIpc) is 2.99. The zero-order valence-corrected chi connectivity index (χ0v) is 25.0. The fourth-order valence-corrected chi connectivity index (χ4v) is 5.68. The van der Waals surface area contributed by atoms with Crippen molar-refractivity contribution in [1.82, 2.24) is 29.4 Å². The molecule has 2 aromatic heterocycles. The molecule has 0 radical (unpaired) electrons. The lowest BCUT2D eigenvalue weighted by molar-refractivity contribution is 0.189. The topological polar surface area (TPSA) is 100 Å². The van der Waals surface area contributed by atoms with Gasteiger partial charge in [-0.05, 0) is 56.9 Å². The minimum atomic E-state index is -0.193. The highest BCUT2D eigenvalue weighted by atomic mass is 16.1. The van der Waals surface area contributed by atoms with Crippen molar-refractivity contribution < 1.29 is 0 Å². The van der Waals surface area contributed by atoms with Crippen molar-refractivity contribution in [3.05, 3.63) is 105 Å². The van der Waals surface area contributed by atoms with Gasteiger partial charge in [0.05, 0.1) is 23.4 Å². The summed E-state index contributed by atoms with van der Waals surface area (Å²) in [7, 11) is 5.76. The van der Waals surface area contributed by atoms with E-state index >= 15 is 0 Å². The van der Waals surface area contributed by atoms with Crippen LogP contribution in [0.1, 0.15) is 23.6 Å². The number of nitrogens with one attached hydrogen (secondary N) is 2. The molecule has 222 valence electrons. The Bertz CT molecular complexity index is 1860. The van der Waals surface area contributed by atoms with Crippen LogP contribution in [0.15, 0.2) is 82.4 Å². The summed E-state index contributed by atoms with van der Waals surface area (Å²) < 4.78 is 2.85. The van der Waals surface area contributed by atoms with Crippen LogP contribution in [0.2, 0.25) is 0 Å². The van der Waals surface area contributed by atoms with E-state index in [1.165, 1.54) is 21.3 Å². The maximum atomic E-state index is 13.5. The number of nitrogens with zero attached hydrogens (tertiary/aromatic N) is 6. The first-order valence-corrected chi connectivity index (χ1v) is 14.8. The number of fused-ring (bicyclic) bond motifs is 2. The number of likely N-dealkylation sites (tertiary alicyclic amines) is 1. The van der Waals surface area contributed by atoms with E-state index in [0.717, 1.165) is 42.5 Å². The maximum Gasteiger partial charge on any atom is 0.275 e. The van der Waals surface area contributed by atoms with Crippen LogP contribution in [-0.2, 0) is 13.6 Å². The molecule has 0 spiro atoms. The number of likely N-dealkylation sites (N-methyl/N-ethyl adjacent to an activating group) is 1. The molecular formula is C33H38N8O2. The Hall–Kier alpha value is -4.54. The van der Waals surface area contributed by atoms with Crippen molar-refractivity contribution in [3.63, 3.8) is 0 Å². The van der Waals surface area contributed by atoms with Gasteiger partial charge in [-0.1, -0.05) is 60.7 Å². The second-order valence-corrected chi connectivity index (χ2v) is 11.4. The molecule has 3 heterocycles. The molecule has 0 unspecified atom stereocenters. The van der Waals surface area contributed by atoms with Gasteiger partial charge in [0.2, 0.25) is 0 Å². The number of anilines is 2. The van der Waals surface area contributed by atoms with Crippen molar-refractivity contribution in [2.24, 2.45) is 7.05 Å². The molecular weight excluding hydrogens is 540 g/mol. The fourth-order valence-electron chi connectivity index (χ4n) is 5.68. The van der Waals surface area contributed by atoms with Gasteiger partial charge in [0, 0.05) is 37.5 Å². The third-order valence-corrected chi connectivity index (χ3v) is 8.25. The van der Waals surface area contributed by atoms with E-state index in [1.54, 1.807) is 7.05 Å². The lowest BCUT2D eigenvalue weighted by atomic mass is 10.1. The van der Waals surface area contributed by atoms with Crippen LogP contribution in [0.5, 0.6) is 0 Å². The van der Waals surface area contributed by atoms with E-state index < -0.39 is 0 Å². The molecule has 10 nitrogen and oxygen atoms in total. The minimum absolute atomic E-state index is 0.120. The van der Waals surface area contributed by atoms with Crippen LogP contribution < -0.4 is 21.8 Å². The predicted octanol–water partition coefficient (Wildman–Crippen LogP) is 3.52. The van der Waals surface area contributed by atoms with Gasteiger partial charge in [0.1, 0.15) is 0 Å². The summed E-state index contributed by atoms with van der Waals surface area (Å²) in [6.07, 6.45) is 1.25. The lowest BCUT2D eigenvalue weighted by Gasteiger charge is -2.30. The van der Waals surface area contributed by atoms with Crippen molar-refractivity contribution >= 4 is 33.2 Å². The first-order chi connectivity index (χ1) is 20.9. The Kier molecular flexibility index (Phi) is 8.22. The summed E-state index contributed by atoms with van der Waals surface area (Å²) in [5, 5.41) is 18.9. The summed E-state index contributed by atoms with van der Waals surface area (Å²) in [5.74, 6) is 1.33. The lowest BCUT2D eigenvalue weighted by Crippen LogP contribution is -2.40. The molecule has 1 aliphatic heterocycles. The normalized spacial score (nSPS) is 14.2. The van der Waals surface area contributed by atoms with E-state index in [9.17, 15) is 9.59 Å². The van der Waals surface area contributed by atoms with Crippen LogP contribution >= 0.6 is 0 Å². The Labute approximate surface area is 250 Å². The molecule has 0 aliphatic carbocycles. The third-order valence-electron chi connectivity index (χ3n) is 8.25. The number of aromatic nitrogens is 4. The highest BCUT2D eigenvalue weighted by Crippen LogP contribution is 2.24. The number of hydrogen-bond donors (Lipinski definition) is 2. The van der Waals surface area contributed by atoms with E-state index in [0.29, 0.717) is 29.0 Å². The number of hydrogen-bond acceptors (Lipinski definition) is 8. The van der Waals surface area contributed by atoms with Crippen molar-refractivity contribution in [3.8, 4) is 0 Å². The van der Waals surface area contributed by atoms with Gasteiger partial charge < -0.3 is 20.4 Å². The SMILES string of the molecule is CN(C)[C@H](CNc1nn(C)c(=O)c2cc(Cn3nc(NCCN4CCC4)c4ccccc4c3=O)ccc12)c1ccccc1. The molecule has 1 atom stereocenters. The summed E-state index contributed by atoms with van der Waals surface area (Å²) in [6.45, 7) is 4.81. The molecule has 10 heteroatoms. The monoisotopic (exact) mass is 578 g/mol. The first-order valence-electron chi connectivity index (χ1n) is 14.8. The largest absolute Gasteiger partial charge is 0.367 e. The van der Waals surface area contributed by atoms with Crippen LogP contribution in [-0.4, -0.2) is 76.2 Å². The Morgan fingerprint density at radius 3 is 2.23 bits per heavy atom. The molecule has 5 aromatic rings. The maximum absolute atomic E-state index is 13.5. The van der Waals surface area contributed by atoms with E-state index in [2.05, 4.69) is 37.7 Å². The number of benzene rings is 3. The predicted molar refractivity (Wildman–Crippen MR) is 173 cm³/mol. The Balaban J connectivity index is 1.29. The van der Waals surface area contributed by atoms with Crippen molar-refractivity contribution in [2.45, 2.75) is 19.0 Å². The highest BCUT2D eigenvalue weighted by molar-refractivity contribution is 5.92. The Morgan fingerprint density at radius 1 is 0.814 bits per heavy atom. The molecule has 1 fully saturated rings. The summed E-state index contributed by atoms with van der Waals surface area (Å²) in [5.41, 5.74) is 1.65. The molecule has 0 saturated carbocycles. The second kappa shape index (κ2) is 12.4. The molecule has 0 amide bonds. The van der Waals surface area contributed by atoms with Crippen LogP contribution in [0.4, 0.5) is 11.6 Å². The second-order valence-electron chi connectivity index (χ2n) is 11.4. The number of rotatable bonds is 11. The zero-order valence-electron chi connectivity index (χ0n) is 25.0. The molecule has 43 heavy (non-hydrogen) atoms. The molecule has 2 N–H and O–H groups in total. The minimum Gasteiger partial charge on any atom is -0.367 e. The summed E-state index contributed by atoms with van der Waals surface area (Å²) in [6, 6.07) is 23.7. The highest BCUT2D eigenvalue weighted by Gasteiger charge is 2.18. The smallest absolute Gasteiger partial charge is 0.275 e. The van der Waals surface area contributed by atoms with Gasteiger partial charge in [0.25, 0.3) is 11.1 Å². The van der Waals surface area contributed by atoms with Gasteiger partial charge in [-0.15, -0.1) is 0 Å². The van der Waals surface area contributed by atoms with E-state index in [1.807, 2.05) is 74.8 Å². The molecule has 1 aliphatic rings. The van der Waals surface area contributed by atoms with Gasteiger partial charge in [-0.25, -0.2) is 9.36 Å². The summed E-state index contributed by atoms with van der Waals surface area (Å²) >= 11 is 0. The van der Waals surface area contributed by atoms with Crippen LogP contribution in [0.3, 0.4) is 0 Å². The average molecular weight is 579 g/mol. The van der Waals surface area contributed by atoms with E-state index in [4.69, 9.17) is 5.10 Å². The van der Waals surface area contributed by atoms with Gasteiger partial charge in [-0.2, -0.15) is 10.2 Å². The van der Waals surface area contributed by atoms with Crippen molar-refractivity contribution in [2.75, 3.05) is 57.5 Å². The zero-order chi connectivity index (χ0) is 29.9. The Morgan fingerprint density at radius 2 is 1.51 bits per heavy atom. The summed E-state index contributed by atoms with van der Waals surface area (Å²) in [4.78, 5) is 31.2. The standard InChI is InChI=1S/C33H38N8O2/c1-38(2)29(24-10-5-4-6-11-24)21-35-31-26-15-14-23(20-28(26)32(42)39(3)36-31)22-41-33(43)27-13-8-7-12-25(27)30(37-41)34-16-19-40-17-9-18-40/h4-8,10-15,20,29H,9,16-19,21-22H2,1-3H3,(H,34,37)(H,35,36)/t29-/m1/s1. The van der Waals surface area contributed by atoms with Gasteiger partial charge >= 0.3 is 0 Å². The molecule has 6 rings (SSSR count). The van der Waals surface area contributed by atoms with Crippen LogP contribution in [0.25, 0.3) is 21.5 Å². The van der Waals surface area contributed by atoms with Crippen molar-refractivity contribution in [1.29, 1.82) is 0 Å². The molecule has 3 aromatic carbocycles. The van der Waals surface area contributed by atoms with E-state index in [-0.39, 0.29) is 23.7 Å². The van der Waals surface area contributed by atoms with Gasteiger partial charge in [-0.3, -0.25) is 9.59 Å². The first kappa shape index (κ1) is 28.6. The molecule has 1 saturated heterocycles. The molecule has 0 bridgehead atoms. The number of aryl methyl sites for hydroxylation is 1. The van der Waals surface area contributed by atoms with Crippen LogP contribution in [0, 0.1) is 0 Å². The van der Waals surface area contributed by atoms with Gasteiger partial charge in [0.15, 0.2) is 11.6 Å². The fraction of sp³-hybridized carbons (Fsp3) is 0.333.